The van der Waals surface area contributed by atoms with Crippen LogP contribution in [-0.4, -0.2) is 16.5 Å². The summed E-state index contributed by atoms with van der Waals surface area (Å²) in [5.41, 5.74) is 2.48. The largest absolute Gasteiger partial charge is 0.299 e. The fourth-order valence-corrected chi connectivity index (χ4v) is 11.1. The standard InChI is InChI=1S/C41H54Cl2F2O/c42-33(27-31-7-11-35(44)12-8-31)3-1-5-37(40-21-15-29(16-22-40)17-23-40)39(46)38(41-24-18-30(19-25-41)20-26-41)6-2-4-34(43)28-32-9-13-36(45)14-10-32/h7-14,29-30,33-34,37-38H,1-6,15-28H2. The Morgan fingerprint density at radius 3 is 1.24 bits per heavy atom. The van der Waals surface area contributed by atoms with Gasteiger partial charge in [-0.1, -0.05) is 37.1 Å². The third-order valence-corrected chi connectivity index (χ3v) is 14.0. The van der Waals surface area contributed by atoms with Crippen molar-refractivity contribution >= 4 is 29.0 Å². The number of halogens is 4. The van der Waals surface area contributed by atoms with Gasteiger partial charge in [0, 0.05) is 22.6 Å². The molecule has 252 valence electrons. The third kappa shape index (κ3) is 8.22. The van der Waals surface area contributed by atoms with Gasteiger partial charge in [0.05, 0.1) is 0 Å². The number of Topliss-reactive ketones (excluding diaryl/α,β-unsaturated/α-hetero) is 1. The predicted octanol–water partition coefficient (Wildman–Crippen LogP) is 12.0. The summed E-state index contributed by atoms with van der Waals surface area (Å²) in [6, 6.07) is 13.4. The zero-order valence-electron chi connectivity index (χ0n) is 27.6. The molecular formula is C41H54Cl2F2O. The highest BCUT2D eigenvalue weighted by Crippen LogP contribution is 2.60. The summed E-state index contributed by atoms with van der Waals surface area (Å²) in [5.74, 6) is 2.16. The van der Waals surface area contributed by atoms with Gasteiger partial charge in [-0.2, -0.15) is 0 Å². The molecule has 0 radical (unpaired) electrons. The monoisotopic (exact) mass is 670 g/mol. The minimum absolute atomic E-state index is 0.00872. The Hall–Kier alpha value is -1.45. The molecule has 0 heterocycles. The lowest BCUT2D eigenvalue weighted by Gasteiger charge is -2.55. The van der Waals surface area contributed by atoms with E-state index in [-0.39, 0.29) is 45.1 Å². The molecule has 4 atom stereocenters. The Labute approximate surface area is 286 Å². The number of alkyl halides is 2. The van der Waals surface area contributed by atoms with Gasteiger partial charge < -0.3 is 0 Å². The lowest BCUT2D eigenvalue weighted by Crippen LogP contribution is -2.50. The van der Waals surface area contributed by atoms with Gasteiger partial charge in [-0.05, 0) is 174 Å². The van der Waals surface area contributed by atoms with Crippen molar-refractivity contribution in [1.29, 1.82) is 0 Å². The van der Waals surface area contributed by atoms with Crippen LogP contribution in [0.1, 0.15) is 127 Å². The van der Waals surface area contributed by atoms with E-state index in [4.69, 9.17) is 23.2 Å². The van der Waals surface area contributed by atoms with Crippen molar-refractivity contribution in [3.05, 3.63) is 71.3 Å². The molecule has 1 nitrogen and oxygen atoms in total. The lowest BCUT2D eigenvalue weighted by atomic mass is 9.49. The average Bonchev–Trinajstić information content (AvgIpc) is 3.08. The summed E-state index contributed by atoms with van der Waals surface area (Å²) in [4.78, 5) is 15.3. The Kier molecular flexibility index (Phi) is 11.5. The average molecular weight is 672 g/mol. The van der Waals surface area contributed by atoms with E-state index in [0.29, 0.717) is 5.78 Å². The predicted molar refractivity (Wildman–Crippen MR) is 186 cm³/mol. The Bertz CT molecular complexity index is 1140. The summed E-state index contributed by atoms with van der Waals surface area (Å²) in [7, 11) is 0. The summed E-state index contributed by atoms with van der Waals surface area (Å²) in [6.07, 6.45) is 22.2. The van der Waals surface area contributed by atoms with Crippen molar-refractivity contribution in [2.75, 3.05) is 0 Å². The number of benzene rings is 2. The van der Waals surface area contributed by atoms with Crippen molar-refractivity contribution in [2.24, 2.45) is 34.5 Å². The van der Waals surface area contributed by atoms with Gasteiger partial charge in [-0.3, -0.25) is 4.79 Å². The quantitative estimate of drug-likeness (QED) is 0.162. The van der Waals surface area contributed by atoms with E-state index in [9.17, 15) is 8.78 Å². The number of hydrogen-bond acceptors (Lipinski definition) is 1. The number of carbonyl (C=O) groups excluding carboxylic acids is 1. The van der Waals surface area contributed by atoms with E-state index >= 15 is 4.79 Å². The first-order chi connectivity index (χ1) is 22.2. The van der Waals surface area contributed by atoms with E-state index in [1.807, 2.05) is 24.3 Å². The number of fused-ring (bicyclic) bond motifs is 6. The summed E-state index contributed by atoms with van der Waals surface area (Å²) >= 11 is 13.7. The Balaban J connectivity index is 1.15. The number of carbonyl (C=O) groups is 1. The van der Waals surface area contributed by atoms with Crippen LogP contribution in [0.15, 0.2) is 48.5 Å². The smallest absolute Gasteiger partial charge is 0.140 e. The van der Waals surface area contributed by atoms with Crippen molar-refractivity contribution in [3.63, 3.8) is 0 Å². The molecule has 6 fully saturated rings. The van der Waals surface area contributed by atoms with E-state index in [0.717, 1.165) is 74.3 Å². The second kappa shape index (κ2) is 15.4. The molecule has 8 rings (SSSR count). The van der Waals surface area contributed by atoms with Gasteiger partial charge in [0.2, 0.25) is 0 Å². The number of ketones is 1. The summed E-state index contributed by atoms with van der Waals surface area (Å²) in [5, 5.41) is -0.0174. The maximum Gasteiger partial charge on any atom is 0.140 e. The molecular weight excluding hydrogens is 617 g/mol. The van der Waals surface area contributed by atoms with Gasteiger partial charge in [0.1, 0.15) is 17.4 Å². The van der Waals surface area contributed by atoms with Crippen molar-refractivity contribution in [2.45, 2.75) is 139 Å². The van der Waals surface area contributed by atoms with Gasteiger partial charge >= 0.3 is 0 Å². The minimum atomic E-state index is -0.215. The molecule has 0 aromatic heterocycles. The number of rotatable bonds is 16. The second-order valence-corrected chi connectivity index (χ2v) is 17.1. The lowest BCUT2D eigenvalue weighted by molar-refractivity contribution is -0.144. The zero-order chi connectivity index (χ0) is 32.1. The van der Waals surface area contributed by atoms with Crippen LogP contribution < -0.4 is 0 Å². The highest BCUT2D eigenvalue weighted by Gasteiger charge is 2.54. The van der Waals surface area contributed by atoms with Crippen LogP contribution in [-0.2, 0) is 17.6 Å². The fourth-order valence-electron chi connectivity index (χ4n) is 10.4. The van der Waals surface area contributed by atoms with Crippen LogP contribution in [0, 0.1) is 46.1 Å². The molecule has 0 saturated heterocycles. The van der Waals surface area contributed by atoms with Gasteiger partial charge in [-0.15, -0.1) is 23.2 Å². The molecule has 4 unspecified atom stereocenters. The topological polar surface area (TPSA) is 17.1 Å². The first-order valence-electron chi connectivity index (χ1n) is 18.5. The molecule has 6 aliphatic rings. The molecule has 0 spiro atoms. The van der Waals surface area contributed by atoms with Crippen molar-refractivity contribution < 1.29 is 13.6 Å². The van der Waals surface area contributed by atoms with Crippen LogP contribution >= 0.6 is 23.2 Å². The first kappa shape index (κ1) is 34.4. The van der Waals surface area contributed by atoms with Crippen LogP contribution in [0.4, 0.5) is 8.78 Å². The van der Waals surface area contributed by atoms with Crippen LogP contribution in [0.3, 0.4) is 0 Å². The molecule has 4 bridgehead atoms. The van der Waals surface area contributed by atoms with E-state index in [1.54, 1.807) is 0 Å². The van der Waals surface area contributed by atoms with Crippen LogP contribution in [0.2, 0.25) is 0 Å². The first-order valence-corrected chi connectivity index (χ1v) is 19.4. The second-order valence-electron chi connectivity index (χ2n) is 15.9. The highest BCUT2D eigenvalue weighted by atomic mass is 35.5. The normalized spacial score (nSPS) is 29.7. The molecule has 6 saturated carbocycles. The van der Waals surface area contributed by atoms with Crippen molar-refractivity contribution in [3.8, 4) is 0 Å². The molecule has 2 aromatic carbocycles. The summed E-state index contributed by atoms with van der Waals surface area (Å²) in [6.45, 7) is 0. The molecule has 2 aromatic rings. The molecule has 6 aliphatic carbocycles. The fraction of sp³-hybridized carbons (Fsp3) is 0.683. The SMILES string of the molecule is O=C(C(CCCC(Cl)Cc1ccc(F)cc1)C12CCC(CC1)CC2)C(CCCC(Cl)Cc1ccc(F)cc1)C12CCC(CC1)CC2. The minimum Gasteiger partial charge on any atom is -0.299 e. The van der Waals surface area contributed by atoms with Crippen LogP contribution in [0.25, 0.3) is 0 Å². The Morgan fingerprint density at radius 1 is 0.587 bits per heavy atom. The van der Waals surface area contributed by atoms with Crippen LogP contribution in [0.5, 0.6) is 0 Å². The Morgan fingerprint density at radius 2 is 0.913 bits per heavy atom. The van der Waals surface area contributed by atoms with Gasteiger partial charge in [0.25, 0.3) is 0 Å². The third-order valence-electron chi connectivity index (χ3n) is 13.2. The van der Waals surface area contributed by atoms with E-state index < -0.39 is 0 Å². The van der Waals surface area contributed by atoms with Crippen molar-refractivity contribution in [1.82, 2.24) is 0 Å². The molecule has 0 aliphatic heterocycles. The van der Waals surface area contributed by atoms with E-state index in [1.165, 1.54) is 101 Å². The van der Waals surface area contributed by atoms with Gasteiger partial charge in [-0.25, -0.2) is 8.78 Å². The maximum absolute atomic E-state index is 15.3. The molecule has 0 amide bonds. The molecule has 0 N–H and O–H groups in total. The molecule has 46 heavy (non-hydrogen) atoms. The number of hydrogen-bond donors (Lipinski definition) is 0. The van der Waals surface area contributed by atoms with E-state index in [2.05, 4.69) is 0 Å². The summed E-state index contributed by atoms with van der Waals surface area (Å²) < 4.78 is 26.9. The zero-order valence-corrected chi connectivity index (χ0v) is 29.2. The highest BCUT2D eigenvalue weighted by molar-refractivity contribution is 6.21. The van der Waals surface area contributed by atoms with Gasteiger partial charge in [0.15, 0.2) is 0 Å². The molecule has 5 heteroatoms. The maximum atomic E-state index is 15.3.